The maximum Gasteiger partial charge on any atom is 0.409 e. The number of carbonyl (C=O) groups excluding carboxylic acids is 1. The van der Waals surface area contributed by atoms with Gasteiger partial charge in [-0.05, 0) is 50.9 Å². The highest BCUT2D eigenvalue weighted by Crippen LogP contribution is 2.33. The number of ether oxygens (including phenoxy) is 3. The van der Waals surface area contributed by atoms with E-state index < -0.39 is 0 Å². The van der Waals surface area contributed by atoms with Crippen LogP contribution in [0.15, 0.2) is 0 Å². The molecule has 0 aromatic heterocycles. The molecule has 1 saturated heterocycles. The lowest BCUT2D eigenvalue weighted by Gasteiger charge is -2.45. The second-order valence-electron chi connectivity index (χ2n) is 6.33. The van der Waals surface area contributed by atoms with Crippen LogP contribution in [0.2, 0.25) is 0 Å². The van der Waals surface area contributed by atoms with Gasteiger partial charge in [0, 0.05) is 32.4 Å². The molecule has 3 atom stereocenters. The zero-order valence-corrected chi connectivity index (χ0v) is 14.8. The van der Waals surface area contributed by atoms with E-state index in [1.165, 1.54) is 7.11 Å². The van der Waals surface area contributed by atoms with Crippen molar-refractivity contribution < 1.29 is 24.1 Å². The molecular formula is C17H33NO5. The summed E-state index contributed by atoms with van der Waals surface area (Å²) in [5.74, 6) is 0.464. The average Bonchev–Trinajstić information content (AvgIpc) is 2.56. The molecule has 1 amide bonds. The zero-order valence-electron chi connectivity index (χ0n) is 14.8. The van der Waals surface area contributed by atoms with Crippen molar-refractivity contribution in [2.45, 2.75) is 64.0 Å². The number of hydrogen-bond acceptors (Lipinski definition) is 5. The molecule has 0 bridgehead atoms. The highest BCUT2D eigenvalue weighted by atomic mass is 16.7. The molecule has 0 radical (unpaired) electrons. The maximum absolute atomic E-state index is 12.3. The lowest BCUT2D eigenvalue weighted by atomic mass is 9.83. The first kappa shape index (κ1) is 20.2. The average molecular weight is 331 g/mol. The van der Waals surface area contributed by atoms with Crippen LogP contribution in [0, 0.1) is 5.92 Å². The van der Waals surface area contributed by atoms with Crippen molar-refractivity contribution in [1.82, 2.24) is 4.90 Å². The molecule has 1 N–H and O–H groups in total. The highest BCUT2D eigenvalue weighted by Gasteiger charge is 2.38. The normalized spacial score (nSPS) is 24.7. The van der Waals surface area contributed by atoms with Crippen molar-refractivity contribution >= 4 is 6.09 Å². The summed E-state index contributed by atoms with van der Waals surface area (Å²) < 4.78 is 15.3. The van der Waals surface area contributed by atoms with Crippen LogP contribution in [0.25, 0.3) is 0 Å². The molecule has 1 fully saturated rings. The number of piperidine rings is 1. The predicted octanol–water partition coefficient (Wildman–Crippen LogP) is 2.79. The molecule has 6 nitrogen and oxygen atoms in total. The molecular weight excluding hydrogens is 298 g/mol. The van der Waals surface area contributed by atoms with Gasteiger partial charge in [0.1, 0.15) is 6.79 Å². The van der Waals surface area contributed by atoms with Gasteiger partial charge < -0.3 is 24.2 Å². The van der Waals surface area contributed by atoms with E-state index in [4.69, 9.17) is 19.3 Å². The predicted molar refractivity (Wildman–Crippen MR) is 88.2 cm³/mol. The van der Waals surface area contributed by atoms with Gasteiger partial charge in [-0.1, -0.05) is 6.92 Å². The molecule has 136 valence electrons. The van der Waals surface area contributed by atoms with Gasteiger partial charge in [-0.25, -0.2) is 4.79 Å². The third kappa shape index (κ3) is 6.65. The summed E-state index contributed by atoms with van der Waals surface area (Å²) in [5.41, 5.74) is 0. The summed E-state index contributed by atoms with van der Waals surface area (Å²) in [6.07, 6.45) is 6.38. The van der Waals surface area contributed by atoms with Crippen LogP contribution in [0.1, 0.15) is 51.9 Å². The van der Waals surface area contributed by atoms with Gasteiger partial charge >= 0.3 is 6.09 Å². The van der Waals surface area contributed by atoms with E-state index in [0.29, 0.717) is 19.3 Å². The number of methoxy groups -OCH3 is 2. The maximum atomic E-state index is 12.3. The first-order valence-electron chi connectivity index (χ1n) is 8.69. The molecule has 0 spiro atoms. The molecule has 23 heavy (non-hydrogen) atoms. The minimum Gasteiger partial charge on any atom is -0.453 e. The topological polar surface area (TPSA) is 68.2 Å². The summed E-state index contributed by atoms with van der Waals surface area (Å²) in [4.78, 5) is 14.3. The van der Waals surface area contributed by atoms with Crippen molar-refractivity contribution in [2.24, 2.45) is 5.92 Å². The van der Waals surface area contributed by atoms with E-state index in [-0.39, 0.29) is 24.8 Å². The van der Waals surface area contributed by atoms with E-state index in [0.717, 1.165) is 44.9 Å². The van der Waals surface area contributed by atoms with E-state index in [2.05, 4.69) is 6.92 Å². The smallest absolute Gasteiger partial charge is 0.409 e. The van der Waals surface area contributed by atoms with Gasteiger partial charge in [0.15, 0.2) is 0 Å². The minimum atomic E-state index is -0.228. The largest absolute Gasteiger partial charge is 0.453 e. The lowest BCUT2D eigenvalue weighted by molar-refractivity contribution is -0.0355. The second-order valence-corrected chi connectivity index (χ2v) is 6.33. The standard InChI is InChI=1S/C17H33NO5/c1-14-9-10-15(7-4-5-11-19)18(17(20)22-3)16(14)8-6-12-23-13-21-2/h14-16,19H,4-13H2,1-3H3/t14-,15-,16+/m0/s1. The third-order valence-electron chi connectivity index (χ3n) is 4.68. The molecule has 0 saturated carbocycles. The molecule has 1 heterocycles. The van der Waals surface area contributed by atoms with Crippen LogP contribution < -0.4 is 0 Å². The number of aliphatic hydroxyl groups excluding tert-OH is 1. The summed E-state index contributed by atoms with van der Waals surface area (Å²) in [6, 6.07) is 0.413. The van der Waals surface area contributed by atoms with Crippen LogP contribution >= 0.6 is 0 Å². The number of hydrogen-bond donors (Lipinski definition) is 1. The van der Waals surface area contributed by atoms with E-state index in [1.807, 2.05) is 4.90 Å². The molecule has 0 unspecified atom stereocenters. The fourth-order valence-corrected chi connectivity index (χ4v) is 3.46. The van der Waals surface area contributed by atoms with Gasteiger partial charge in [0.2, 0.25) is 0 Å². The van der Waals surface area contributed by atoms with Gasteiger partial charge in [0.25, 0.3) is 0 Å². The van der Waals surface area contributed by atoms with Gasteiger partial charge in [0.05, 0.1) is 7.11 Å². The Morgan fingerprint density at radius 1 is 1.17 bits per heavy atom. The van der Waals surface area contributed by atoms with Gasteiger partial charge in [-0.2, -0.15) is 0 Å². The van der Waals surface area contributed by atoms with E-state index >= 15 is 0 Å². The van der Waals surface area contributed by atoms with Crippen molar-refractivity contribution in [3.63, 3.8) is 0 Å². The number of nitrogens with zero attached hydrogens (tertiary/aromatic N) is 1. The molecule has 0 aromatic rings. The fourth-order valence-electron chi connectivity index (χ4n) is 3.46. The van der Waals surface area contributed by atoms with Crippen LogP contribution in [-0.4, -0.2) is 62.4 Å². The number of unbranched alkanes of at least 4 members (excludes halogenated alkanes) is 1. The SMILES string of the molecule is COCOCCC[C@@H]1[C@@H](C)CC[C@H](CCCCO)N1C(=O)OC. The summed E-state index contributed by atoms with van der Waals surface area (Å²) in [5, 5.41) is 8.97. The molecule has 1 rings (SSSR count). The first-order chi connectivity index (χ1) is 11.2. The van der Waals surface area contributed by atoms with E-state index in [9.17, 15) is 4.79 Å². The highest BCUT2D eigenvalue weighted by molar-refractivity contribution is 5.68. The number of amides is 1. The van der Waals surface area contributed by atoms with Crippen LogP contribution in [0.4, 0.5) is 4.79 Å². The zero-order chi connectivity index (χ0) is 17.1. The third-order valence-corrected chi connectivity index (χ3v) is 4.68. The number of likely N-dealkylation sites (tertiary alicyclic amines) is 1. The Morgan fingerprint density at radius 2 is 1.96 bits per heavy atom. The Kier molecular flexibility index (Phi) is 10.2. The molecule has 0 aliphatic carbocycles. The molecule has 1 aliphatic heterocycles. The molecule has 0 aromatic carbocycles. The van der Waals surface area contributed by atoms with Crippen LogP contribution in [0.3, 0.4) is 0 Å². The quantitative estimate of drug-likeness (QED) is 0.492. The Bertz CT molecular complexity index is 326. The minimum absolute atomic E-state index is 0.196. The second kappa shape index (κ2) is 11.6. The van der Waals surface area contributed by atoms with Gasteiger partial charge in [-0.15, -0.1) is 0 Å². The van der Waals surface area contributed by atoms with E-state index in [1.54, 1.807) is 7.11 Å². The lowest BCUT2D eigenvalue weighted by Crippen LogP contribution is -2.53. The summed E-state index contributed by atoms with van der Waals surface area (Å²) >= 11 is 0. The summed E-state index contributed by atoms with van der Waals surface area (Å²) in [6.45, 7) is 3.37. The molecule has 6 heteroatoms. The van der Waals surface area contributed by atoms with Crippen molar-refractivity contribution in [3.05, 3.63) is 0 Å². The Morgan fingerprint density at radius 3 is 2.61 bits per heavy atom. The van der Waals surface area contributed by atoms with Crippen molar-refractivity contribution in [3.8, 4) is 0 Å². The Labute approximate surface area is 140 Å². The fraction of sp³-hybridized carbons (Fsp3) is 0.941. The number of aliphatic hydroxyl groups is 1. The number of carbonyl (C=O) groups is 1. The summed E-state index contributed by atoms with van der Waals surface area (Å²) in [7, 11) is 3.06. The van der Waals surface area contributed by atoms with Crippen molar-refractivity contribution in [2.75, 3.05) is 34.2 Å². The van der Waals surface area contributed by atoms with Crippen LogP contribution in [0.5, 0.6) is 0 Å². The van der Waals surface area contributed by atoms with Crippen LogP contribution in [-0.2, 0) is 14.2 Å². The first-order valence-corrected chi connectivity index (χ1v) is 8.69. The van der Waals surface area contributed by atoms with Gasteiger partial charge in [-0.3, -0.25) is 0 Å². The molecule has 1 aliphatic rings. The monoisotopic (exact) mass is 331 g/mol. The Balaban J connectivity index is 2.62. The Hall–Kier alpha value is -0.850. The number of rotatable bonds is 10. The van der Waals surface area contributed by atoms with Crippen molar-refractivity contribution in [1.29, 1.82) is 0 Å².